The highest BCUT2D eigenvalue weighted by Crippen LogP contribution is 2.19. The summed E-state index contributed by atoms with van der Waals surface area (Å²) in [5, 5.41) is 0. The van der Waals surface area contributed by atoms with Crippen LogP contribution in [0.2, 0.25) is 0 Å². The van der Waals surface area contributed by atoms with E-state index in [4.69, 9.17) is 4.42 Å². The summed E-state index contributed by atoms with van der Waals surface area (Å²) >= 11 is 0. The summed E-state index contributed by atoms with van der Waals surface area (Å²) in [5.41, 5.74) is 0. The molecule has 0 aliphatic carbocycles. The molecule has 0 unspecified atom stereocenters. The molecule has 1 aliphatic rings. The van der Waals surface area contributed by atoms with Gasteiger partial charge in [0.2, 0.25) is 5.95 Å². The Morgan fingerprint density at radius 1 is 1.27 bits per heavy atom. The molecule has 22 heavy (non-hydrogen) atoms. The molecule has 2 aromatic rings. The molecule has 6 nitrogen and oxygen atoms in total. The molecular weight excluding hydrogens is 285 g/mol. The molecule has 3 heterocycles. The molecule has 0 amide bonds. The van der Waals surface area contributed by atoms with Gasteiger partial charge in [-0.1, -0.05) is 0 Å². The average Bonchev–Trinajstić information content (AvgIpc) is 3.01. The van der Waals surface area contributed by atoms with Crippen LogP contribution < -0.4 is 9.80 Å². The van der Waals surface area contributed by atoms with E-state index in [1.807, 2.05) is 12.1 Å². The third kappa shape index (κ3) is 3.19. The minimum Gasteiger partial charge on any atom is -0.468 e. The monoisotopic (exact) mass is 305 g/mol. The van der Waals surface area contributed by atoms with Crippen LogP contribution in [-0.4, -0.2) is 55.1 Å². The first-order valence-corrected chi connectivity index (χ1v) is 7.33. The van der Waals surface area contributed by atoms with Gasteiger partial charge in [-0.3, -0.25) is 4.90 Å². The molecule has 0 saturated carbocycles. The van der Waals surface area contributed by atoms with Crippen molar-refractivity contribution in [2.24, 2.45) is 0 Å². The molecule has 0 N–H and O–H groups in total. The largest absolute Gasteiger partial charge is 0.468 e. The van der Waals surface area contributed by atoms with Crippen molar-refractivity contribution >= 4 is 11.8 Å². The van der Waals surface area contributed by atoms with Gasteiger partial charge < -0.3 is 14.2 Å². The average molecular weight is 305 g/mol. The van der Waals surface area contributed by atoms with E-state index in [1.165, 1.54) is 6.20 Å². The molecule has 3 rings (SSSR count). The number of furan rings is 1. The number of aromatic nitrogens is 2. The lowest BCUT2D eigenvalue weighted by molar-refractivity contribution is 0.229. The van der Waals surface area contributed by atoms with Gasteiger partial charge in [-0.25, -0.2) is 9.37 Å². The zero-order valence-corrected chi connectivity index (χ0v) is 12.9. The second-order valence-corrected chi connectivity index (χ2v) is 5.58. The normalized spacial score (nSPS) is 16.0. The predicted octanol–water partition coefficient (Wildman–Crippen LogP) is 1.60. The lowest BCUT2D eigenvalue weighted by Crippen LogP contribution is -2.46. The topological polar surface area (TPSA) is 48.6 Å². The zero-order valence-electron chi connectivity index (χ0n) is 12.9. The highest BCUT2D eigenvalue weighted by atomic mass is 19.1. The third-order valence-corrected chi connectivity index (χ3v) is 3.75. The molecule has 2 aromatic heterocycles. The number of anilines is 2. The van der Waals surface area contributed by atoms with E-state index in [-0.39, 0.29) is 0 Å². The van der Waals surface area contributed by atoms with Crippen LogP contribution in [0, 0.1) is 5.82 Å². The van der Waals surface area contributed by atoms with Crippen molar-refractivity contribution in [3.05, 3.63) is 36.2 Å². The molecule has 1 saturated heterocycles. The van der Waals surface area contributed by atoms with Gasteiger partial charge in [-0.05, 0) is 12.1 Å². The maximum atomic E-state index is 13.7. The number of nitrogens with zero attached hydrogens (tertiary/aromatic N) is 5. The quantitative estimate of drug-likeness (QED) is 0.855. The van der Waals surface area contributed by atoms with E-state index < -0.39 is 5.82 Å². The highest BCUT2D eigenvalue weighted by molar-refractivity contribution is 5.44. The Hall–Kier alpha value is -2.15. The van der Waals surface area contributed by atoms with E-state index in [2.05, 4.69) is 19.8 Å². The number of hydrogen-bond acceptors (Lipinski definition) is 6. The van der Waals surface area contributed by atoms with Crippen LogP contribution in [0.1, 0.15) is 5.76 Å². The van der Waals surface area contributed by atoms with Crippen LogP contribution in [0.4, 0.5) is 16.2 Å². The highest BCUT2D eigenvalue weighted by Gasteiger charge is 2.21. The van der Waals surface area contributed by atoms with Gasteiger partial charge in [0.25, 0.3) is 0 Å². The lowest BCUT2D eigenvalue weighted by atomic mass is 10.3. The summed E-state index contributed by atoms with van der Waals surface area (Å²) in [7, 11) is 3.55. The SMILES string of the molecule is CN(C)c1nc(N2CCN(Cc3ccco3)CC2)ncc1F. The minimum absolute atomic E-state index is 0.322. The molecule has 0 spiro atoms. The van der Waals surface area contributed by atoms with Gasteiger partial charge in [0.1, 0.15) is 5.76 Å². The van der Waals surface area contributed by atoms with Crippen molar-refractivity contribution in [1.29, 1.82) is 0 Å². The fraction of sp³-hybridized carbons (Fsp3) is 0.467. The van der Waals surface area contributed by atoms with Crippen molar-refractivity contribution in [2.45, 2.75) is 6.54 Å². The Morgan fingerprint density at radius 3 is 2.68 bits per heavy atom. The number of hydrogen-bond donors (Lipinski definition) is 0. The van der Waals surface area contributed by atoms with Crippen LogP contribution in [0.5, 0.6) is 0 Å². The molecule has 0 aromatic carbocycles. The smallest absolute Gasteiger partial charge is 0.227 e. The van der Waals surface area contributed by atoms with E-state index in [0.29, 0.717) is 11.8 Å². The zero-order chi connectivity index (χ0) is 15.5. The first-order valence-electron chi connectivity index (χ1n) is 7.33. The minimum atomic E-state index is -0.398. The Kier molecular flexibility index (Phi) is 4.24. The molecule has 0 bridgehead atoms. The van der Waals surface area contributed by atoms with Crippen molar-refractivity contribution in [1.82, 2.24) is 14.9 Å². The molecule has 1 fully saturated rings. The van der Waals surface area contributed by atoms with Crippen LogP contribution in [-0.2, 0) is 6.54 Å². The molecular formula is C15H20FN5O. The summed E-state index contributed by atoms with van der Waals surface area (Å²) < 4.78 is 19.0. The lowest BCUT2D eigenvalue weighted by Gasteiger charge is -2.34. The second kappa shape index (κ2) is 6.31. The van der Waals surface area contributed by atoms with Crippen LogP contribution in [0.25, 0.3) is 0 Å². The Balaban J connectivity index is 1.62. The Bertz CT molecular complexity index is 608. The van der Waals surface area contributed by atoms with Crippen molar-refractivity contribution in [3.8, 4) is 0 Å². The Labute approximate surface area is 129 Å². The summed E-state index contributed by atoms with van der Waals surface area (Å²) in [6, 6.07) is 3.89. The van der Waals surface area contributed by atoms with Gasteiger partial charge in [0, 0.05) is 40.3 Å². The van der Waals surface area contributed by atoms with Gasteiger partial charge in [-0.15, -0.1) is 0 Å². The van der Waals surface area contributed by atoms with Gasteiger partial charge in [0.05, 0.1) is 19.0 Å². The van der Waals surface area contributed by atoms with Crippen LogP contribution >= 0.6 is 0 Å². The summed E-state index contributed by atoms with van der Waals surface area (Å²) in [6.07, 6.45) is 2.94. The molecule has 0 radical (unpaired) electrons. The molecule has 1 aliphatic heterocycles. The Morgan fingerprint density at radius 2 is 2.05 bits per heavy atom. The fourth-order valence-electron chi connectivity index (χ4n) is 2.54. The van der Waals surface area contributed by atoms with E-state index in [0.717, 1.165) is 38.5 Å². The van der Waals surface area contributed by atoms with E-state index in [9.17, 15) is 4.39 Å². The van der Waals surface area contributed by atoms with E-state index in [1.54, 1.807) is 25.3 Å². The standard InChI is InChI=1S/C15H20FN5O/c1-19(2)14-13(16)10-17-15(18-14)21-7-5-20(6-8-21)11-12-4-3-9-22-12/h3-4,9-10H,5-8,11H2,1-2H3. The summed E-state index contributed by atoms with van der Waals surface area (Å²) in [5.74, 6) is 1.48. The van der Waals surface area contributed by atoms with Crippen molar-refractivity contribution in [2.75, 3.05) is 50.1 Å². The second-order valence-electron chi connectivity index (χ2n) is 5.58. The maximum absolute atomic E-state index is 13.7. The summed E-state index contributed by atoms with van der Waals surface area (Å²) in [4.78, 5) is 14.5. The summed E-state index contributed by atoms with van der Waals surface area (Å²) in [6.45, 7) is 4.25. The maximum Gasteiger partial charge on any atom is 0.227 e. The van der Waals surface area contributed by atoms with Crippen molar-refractivity contribution in [3.63, 3.8) is 0 Å². The third-order valence-electron chi connectivity index (χ3n) is 3.75. The number of halogens is 1. The molecule has 118 valence electrons. The van der Waals surface area contributed by atoms with Gasteiger partial charge >= 0.3 is 0 Å². The first kappa shape index (κ1) is 14.8. The number of piperazine rings is 1. The molecule has 0 atom stereocenters. The van der Waals surface area contributed by atoms with Gasteiger partial charge in [0.15, 0.2) is 11.6 Å². The van der Waals surface area contributed by atoms with E-state index >= 15 is 0 Å². The molecule has 7 heteroatoms. The predicted molar refractivity (Wildman–Crippen MR) is 82.5 cm³/mol. The first-order chi connectivity index (χ1) is 10.6. The van der Waals surface area contributed by atoms with Crippen LogP contribution in [0.3, 0.4) is 0 Å². The van der Waals surface area contributed by atoms with Crippen LogP contribution in [0.15, 0.2) is 29.0 Å². The number of rotatable bonds is 4. The fourth-order valence-corrected chi connectivity index (χ4v) is 2.54. The van der Waals surface area contributed by atoms with Crippen molar-refractivity contribution < 1.29 is 8.81 Å². The van der Waals surface area contributed by atoms with Gasteiger partial charge in [-0.2, -0.15) is 4.98 Å².